The van der Waals surface area contributed by atoms with Gasteiger partial charge in [-0.05, 0) is 39.8 Å². The summed E-state index contributed by atoms with van der Waals surface area (Å²) in [5.41, 5.74) is 0.852. The lowest BCUT2D eigenvalue weighted by molar-refractivity contribution is -0.0447. The molecule has 2 heterocycles. The lowest BCUT2D eigenvalue weighted by Gasteiger charge is -2.34. The molecule has 1 aliphatic rings. The summed E-state index contributed by atoms with van der Waals surface area (Å²) in [6.07, 6.45) is -1.14. The average Bonchev–Trinajstić information content (AvgIpc) is 2.36. The SMILES string of the molecule is [2H]C1([2H])COC(c2cccc(C)n2)CN1C(=O)OC(C)(C)C. The molecule has 20 heavy (non-hydrogen) atoms. The molecule has 110 valence electrons. The Morgan fingerprint density at radius 1 is 1.55 bits per heavy atom. The van der Waals surface area contributed by atoms with E-state index in [0.29, 0.717) is 5.69 Å². The van der Waals surface area contributed by atoms with Crippen molar-refractivity contribution in [1.29, 1.82) is 0 Å². The van der Waals surface area contributed by atoms with Crippen molar-refractivity contribution in [3.05, 3.63) is 29.6 Å². The highest BCUT2D eigenvalue weighted by Gasteiger charge is 2.29. The second-order valence-corrected chi connectivity index (χ2v) is 5.75. The van der Waals surface area contributed by atoms with Gasteiger partial charge in [-0.2, -0.15) is 0 Å². The molecule has 1 aromatic rings. The average molecular weight is 280 g/mol. The topological polar surface area (TPSA) is 51.7 Å². The molecule has 1 aromatic heterocycles. The number of morpholine rings is 1. The molecule has 2 rings (SSSR count). The van der Waals surface area contributed by atoms with Crippen LogP contribution >= 0.6 is 0 Å². The van der Waals surface area contributed by atoms with Gasteiger partial charge in [0.25, 0.3) is 0 Å². The van der Waals surface area contributed by atoms with Gasteiger partial charge in [0.05, 0.1) is 21.6 Å². The molecule has 0 saturated carbocycles. The number of hydrogen-bond acceptors (Lipinski definition) is 4. The third-order valence-corrected chi connectivity index (χ3v) is 2.74. The van der Waals surface area contributed by atoms with E-state index in [0.717, 1.165) is 10.6 Å². The Bertz CT molecular complexity index is 558. The van der Waals surface area contributed by atoms with Gasteiger partial charge in [0, 0.05) is 12.2 Å². The van der Waals surface area contributed by atoms with Crippen LogP contribution in [-0.4, -0.2) is 41.2 Å². The summed E-state index contributed by atoms with van der Waals surface area (Å²) in [5.74, 6) is 0. The van der Waals surface area contributed by atoms with Crippen LogP contribution in [0.25, 0.3) is 0 Å². The molecule has 1 atom stereocenters. The minimum absolute atomic E-state index is 0.0678. The zero-order valence-corrected chi connectivity index (χ0v) is 12.3. The quantitative estimate of drug-likeness (QED) is 0.793. The Balaban J connectivity index is 2.18. The highest BCUT2D eigenvalue weighted by molar-refractivity contribution is 5.68. The van der Waals surface area contributed by atoms with E-state index in [1.165, 1.54) is 0 Å². The Hall–Kier alpha value is -1.62. The summed E-state index contributed by atoms with van der Waals surface area (Å²) >= 11 is 0. The number of amides is 1. The van der Waals surface area contributed by atoms with E-state index < -0.39 is 24.3 Å². The van der Waals surface area contributed by atoms with E-state index in [2.05, 4.69) is 4.98 Å². The van der Waals surface area contributed by atoms with Crippen molar-refractivity contribution in [1.82, 2.24) is 9.88 Å². The molecule has 5 nitrogen and oxygen atoms in total. The Labute approximate surface area is 122 Å². The minimum Gasteiger partial charge on any atom is -0.444 e. The van der Waals surface area contributed by atoms with Crippen molar-refractivity contribution in [2.45, 2.75) is 39.4 Å². The van der Waals surface area contributed by atoms with Crippen LogP contribution < -0.4 is 0 Å². The fourth-order valence-electron chi connectivity index (χ4n) is 1.88. The van der Waals surface area contributed by atoms with Crippen molar-refractivity contribution in [3.8, 4) is 0 Å². The summed E-state index contributed by atoms with van der Waals surface area (Å²) in [5, 5.41) is 0. The van der Waals surface area contributed by atoms with Crippen molar-refractivity contribution < 1.29 is 17.0 Å². The predicted octanol–water partition coefficient (Wildman–Crippen LogP) is 2.70. The first-order valence-electron chi connectivity index (χ1n) is 7.64. The van der Waals surface area contributed by atoms with Crippen LogP contribution in [0.3, 0.4) is 0 Å². The first-order chi connectivity index (χ1) is 10.1. The molecule has 1 unspecified atom stereocenters. The number of ether oxygens (including phenoxy) is 2. The summed E-state index contributed by atoms with van der Waals surface area (Å²) in [6, 6.07) is 5.55. The van der Waals surface area contributed by atoms with Crippen LogP contribution in [0.5, 0.6) is 0 Å². The lowest BCUT2D eigenvalue weighted by Crippen LogP contribution is -2.44. The number of aryl methyl sites for hydroxylation is 1. The van der Waals surface area contributed by atoms with Crippen LogP contribution in [0.1, 0.15) is 41.0 Å². The normalized spacial score (nSPS) is 23.8. The highest BCUT2D eigenvalue weighted by Crippen LogP contribution is 2.22. The number of pyridine rings is 1. The molecule has 1 amide bonds. The summed E-state index contributed by atoms with van der Waals surface area (Å²) in [4.78, 5) is 17.7. The van der Waals surface area contributed by atoms with Gasteiger partial charge in [-0.1, -0.05) is 6.07 Å². The molecule has 0 aromatic carbocycles. The largest absolute Gasteiger partial charge is 0.444 e. The van der Waals surface area contributed by atoms with Gasteiger partial charge in [-0.25, -0.2) is 4.79 Å². The maximum Gasteiger partial charge on any atom is 0.410 e. The molecular formula is C15H22N2O3. The van der Waals surface area contributed by atoms with Crippen LogP contribution in [0.2, 0.25) is 0 Å². The maximum atomic E-state index is 12.3. The van der Waals surface area contributed by atoms with Gasteiger partial charge >= 0.3 is 6.09 Å². The van der Waals surface area contributed by atoms with Gasteiger partial charge in [0.2, 0.25) is 0 Å². The molecule has 1 saturated heterocycles. The Morgan fingerprint density at radius 3 is 2.95 bits per heavy atom. The summed E-state index contributed by atoms with van der Waals surface area (Å²) < 4.78 is 26.8. The zero-order valence-electron chi connectivity index (χ0n) is 14.3. The molecule has 5 heteroatoms. The number of nitrogens with zero attached hydrogens (tertiary/aromatic N) is 2. The van der Waals surface area contributed by atoms with Crippen molar-refractivity contribution >= 4 is 6.09 Å². The number of rotatable bonds is 1. The van der Waals surface area contributed by atoms with E-state index in [9.17, 15) is 4.79 Å². The summed E-state index contributed by atoms with van der Waals surface area (Å²) in [6.45, 7) is 5.08. The molecular weight excluding hydrogens is 256 g/mol. The van der Waals surface area contributed by atoms with Gasteiger partial charge in [0.1, 0.15) is 11.7 Å². The van der Waals surface area contributed by atoms with Crippen LogP contribution in [0, 0.1) is 6.92 Å². The van der Waals surface area contributed by atoms with Crippen LogP contribution in [0.4, 0.5) is 4.79 Å². The van der Waals surface area contributed by atoms with E-state index in [1.54, 1.807) is 20.8 Å². The molecule has 1 fully saturated rings. The van der Waals surface area contributed by atoms with Gasteiger partial charge in [-0.15, -0.1) is 0 Å². The van der Waals surface area contributed by atoms with Crippen LogP contribution in [-0.2, 0) is 9.47 Å². The van der Waals surface area contributed by atoms with Gasteiger partial charge in [0.15, 0.2) is 0 Å². The second kappa shape index (κ2) is 5.79. The van der Waals surface area contributed by atoms with E-state index in [4.69, 9.17) is 12.2 Å². The minimum atomic E-state index is -1.90. The molecule has 0 aliphatic carbocycles. The maximum absolute atomic E-state index is 12.3. The van der Waals surface area contributed by atoms with Gasteiger partial charge < -0.3 is 14.4 Å². The lowest BCUT2D eigenvalue weighted by atomic mass is 10.2. The van der Waals surface area contributed by atoms with Crippen molar-refractivity contribution in [3.63, 3.8) is 0 Å². The third-order valence-electron chi connectivity index (χ3n) is 2.74. The standard InChI is InChI=1S/C15H22N2O3/c1-11-6-5-7-12(16-11)13-10-17(8-9-19-13)14(18)20-15(2,3)4/h5-7,13H,8-10H2,1-4H3/i8D2. The van der Waals surface area contributed by atoms with E-state index in [1.807, 2.05) is 25.1 Å². The fourth-order valence-corrected chi connectivity index (χ4v) is 1.88. The summed E-state index contributed by atoms with van der Waals surface area (Å²) in [7, 11) is 0. The van der Waals surface area contributed by atoms with Crippen LogP contribution in [0.15, 0.2) is 18.2 Å². The Kier molecular flexibility index (Phi) is 3.52. The smallest absolute Gasteiger partial charge is 0.410 e. The zero-order chi connectivity index (χ0) is 16.5. The number of aromatic nitrogens is 1. The molecule has 0 bridgehead atoms. The predicted molar refractivity (Wildman–Crippen MR) is 75.5 cm³/mol. The third kappa shape index (κ3) is 3.93. The van der Waals surface area contributed by atoms with E-state index in [-0.39, 0.29) is 13.2 Å². The van der Waals surface area contributed by atoms with Gasteiger partial charge in [-0.3, -0.25) is 4.98 Å². The second-order valence-electron chi connectivity index (χ2n) is 5.75. The number of carbonyl (C=O) groups excluding carboxylic acids is 1. The van der Waals surface area contributed by atoms with E-state index >= 15 is 0 Å². The molecule has 0 radical (unpaired) electrons. The van der Waals surface area contributed by atoms with Crippen molar-refractivity contribution in [2.24, 2.45) is 0 Å². The first kappa shape index (κ1) is 12.1. The van der Waals surface area contributed by atoms with Crippen molar-refractivity contribution in [2.75, 3.05) is 19.6 Å². The Morgan fingerprint density at radius 2 is 2.30 bits per heavy atom. The molecule has 1 aliphatic heterocycles. The fraction of sp³-hybridized carbons (Fsp3) is 0.600. The highest BCUT2D eigenvalue weighted by atomic mass is 16.6. The number of carbonyl (C=O) groups is 1. The monoisotopic (exact) mass is 280 g/mol. The molecule has 0 spiro atoms. The first-order valence-corrected chi connectivity index (χ1v) is 6.64. The number of hydrogen-bond donors (Lipinski definition) is 0. The molecule has 0 N–H and O–H groups in total.